The van der Waals surface area contributed by atoms with Gasteiger partial charge < -0.3 is 19.5 Å². The van der Waals surface area contributed by atoms with Crippen LogP contribution < -0.4 is 23.8 Å². The van der Waals surface area contributed by atoms with Gasteiger partial charge in [0.2, 0.25) is 15.9 Å². The molecule has 2 aromatic carbocycles. The summed E-state index contributed by atoms with van der Waals surface area (Å²) in [6.45, 7) is 6.90. The number of amides is 1. The van der Waals surface area contributed by atoms with Gasteiger partial charge in [0.15, 0.2) is 11.5 Å². The summed E-state index contributed by atoms with van der Waals surface area (Å²) in [6, 6.07) is 9.64. The Hall–Kier alpha value is -2.94. The van der Waals surface area contributed by atoms with Crippen LogP contribution in [0.2, 0.25) is 0 Å². The molecule has 0 saturated carbocycles. The molecule has 1 amide bonds. The maximum absolute atomic E-state index is 12.7. The number of carbonyl (C=O) groups is 1. The summed E-state index contributed by atoms with van der Waals surface area (Å²) in [6.07, 6.45) is 1.07. The molecule has 1 N–H and O–H groups in total. The minimum atomic E-state index is -3.73. The van der Waals surface area contributed by atoms with Gasteiger partial charge in [-0.15, -0.1) is 0 Å². The highest BCUT2D eigenvalue weighted by atomic mass is 32.2. The van der Waals surface area contributed by atoms with Crippen LogP contribution in [0.4, 0.5) is 5.69 Å². The lowest BCUT2D eigenvalue weighted by molar-refractivity contribution is -0.121. The molecule has 0 aromatic heterocycles. The van der Waals surface area contributed by atoms with Gasteiger partial charge in [0.25, 0.3) is 0 Å². The maximum atomic E-state index is 12.7. The number of benzene rings is 2. The van der Waals surface area contributed by atoms with Gasteiger partial charge in [0.1, 0.15) is 31.6 Å². The van der Waals surface area contributed by atoms with E-state index in [4.69, 9.17) is 14.2 Å². The van der Waals surface area contributed by atoms with Crippen LogP contribution in [0.25, 0.3) is 0 Å². The normalized spacial score (nSPS) is 13.9. The van der Waals surface area contributed by atoms with E-state index in [0.717, 1.165) is 21.9 Å². The van der Waals surface area contributed by atoms with Crippen LogP contribution in [0.15, 0.2) is 36.4 Å². The molecule has 1 unspecified atom stereocenters. The Kier molecular flexibility index (Phi) is 6.94. The van der Waals surface area contributed by atoms with Gasteiger partial charge in [-0.1, -0.05) is 6.07 Å². The molecule has 2 aromatic rings. The number of fused-ring (bicyclic) bond motifs is 1. The zero-order chi connectivity index (χ0) is 22.6. The molecule has 0 spiro atoms. The second-order valence-electron chi connectivity index (χ2n) is 7.45. The molecular weight excluding hydrogens is 420 g/mol. The number of sulfonamides is 1. The number of nitrogens with zero attached hydrogens (tertiary/aromatic N) is 1. The van der Waals surface area contributed by atoms with Gasteiger partial charge in [-0.05, 0) is 56.2 Å². The van der Waals surface area contributed by atoms with Crippen molar-refractivity contribution in [2.24, 2.45) is 0 Å². The monoisotopic (exact) mass is 448 g/mol. The summed E-state index contributed by atoms with van der Waals surface area (Å²) >= 11 is 0. The van der Waals surface area contributed by atoms with Gasteiger partial charge in [0.05, 0.1) is 18.5 Å². The minimum Gasteiger partial charge on any atom is -0.492 e. The minimum absolute atomic E-state index is 0.245. The van der Waals surface area contributed by atoms with Crippen LogP contribution in [0.5, 0.6) is 17.2 Å². The Bertz CT molecular complexity index is 1050. The van der Waals surface area contributed by atoms with Crippen molar-refractivity contribution in [1.29, 1.82) is 0 Å². The Morgan fingerprint density at radius 2 is 1.81 bits per heavy atom. The molecule has 0 radical (unpaired) electrons. The highest BCUT2D eigenvalue weighted by molar-refractivity contribution is 7.92. The number of ether oxygens (including phenoxy) is 3. The van der Waals surface area contributed by atoms with Crippen molar-refractivity contribution >= 4 is 21.6 Å². The Labute approximate surface area is 183 Å². The summed E-state index contributed by atoms with van der Waals surface area (Å²) < 4.78 is 42.7. The summed E-state index contributed by atoms with van der Waals surface area (Å²) in [5, 5.41) is 2.74. The first-order chi connectivity index (χ1) is 14.7. The lowest BCUT2D eigenvalue weighted by Crippen LogP contribution is -2.48. The van der Waals surface area contributed by atoms with E-state index in [-0.39, 0.29) is 13.2 Å². The van der Waals surface area contributed by atoms with Gasteiger partial charge in [-0.25, -0.2) is 8.42 Å². The standard InChI is InChI=1S/C22H28N2O6S/c1-15-5-7-19(13-16(15)2)28-10-9-23-22(25)17(3)24(31(4,26)27)18-6-8-20-21(14-18)30-12-11-29-20/h5-8,13-14,17H,9-12H2,1-4H3,(H,23,25). The van der Waals surface area contributed by atoms with Crippen molar-refractivity contribution in [3.63, 3.8) is 0 Å². The van der Waals surface area contributed by atoms with E-state index in [0.29, 0.717) is 30.4 Å². The Morgan fingerprint density at radius 3 is 2.48 bits per heavy atom. The molecule has 8 nitrogen and oxygen atoms in total. The number of hydrogen-bond donors (Lipinski definition) is 1. The molecule has 1 aliphatic rings. The summed E-state index contributed by atoms with van der Waals surface area (Å²) in [5.74, 6) is 1.29. The van der Waals surface area contributed by atoms with Gasteiger partial charge >= 0.3 is 0 Å². The first-order valence-electron chi connectivity index (χ1n) is 10.0. The topological polar surface area (TPSA) is 94.2 Å². The number of aryl methyl sites for hydroxylation is 2. The molecule has 0 bridgehead atoms. The fourth-order valence-electron chi connectivity index (χ4n) is 3.27. The van der Waals surface area contributed by atoms with E-state index in [1.54, 1.807) is 18.2 Å². The van der Waals surface area contributed by atoms with Crippen molar-refractivity contribution in [2.45, 2.75) is 26.8 Å². The average molecular weight is 449 g/mol. The molecule has 1 heterocycles. The van der Waals surface area contributed by atoms with Gasteiger partial charge in [-0.2, -0.15) is 0 Å². The van der Waals surface area contributed by atoms with E-state index in [2.05, 4.69) is 5.32 Å². The molecule has 1 aliphatic heterocycles. The smallest absolute Gasteiger partial charge is 0.243 e. The van der Waals surface area contributed by atoms with E-state index in [1.165, 1.54) is 12.5 Å². The molecule has 168 valence electrons. The quantitative estimate of drug-likeness (QED) is 0.624. The van der Waals surface area contributed by atoms with E-state index < -0.39 is 22.0 Å². The summed E-state index contributed by atoms with van der Waals surface area (Å²) in [5.41, 5.74) is 2.63. The van der Waals surface area contributed by atoms with Crippen LogP contribution in [0.3, 0.4) is 0 Å². The number of nitrogens with one attached hydrogen (secondary N) is 1. The van der Waals surface area contributed by atoms with Gasteiger partial charge in [0, 0.05) is 6.07 Å². The molecule has 3 rings (SSSR count). The van der Waals surface area contributed by atoms with Crippen molar-refractivity contribution in [3.8, 4) is 17.2 Å². The Morgan fingerprint density at radius 1 is 1.10 bits per heavy atom. The van der Waals surface area contributed by atoms with Crippen LogP contribution >= 0.6 is 0 Å². The van der Waals surface area contributed by atoms with Crippen LogP contribution in [-0.4, -0.2) is 53.0 Å². The number of rotatable bonds is 8. The van der Waals surface area contributed by atoms with Crippen LogP contribution in [0.1, 0.15) is 18.1 Å². The number of carbonyl (C=O) groups excluding carboxylic acids is 1. The SMILES string of the molecule is Cc1ccc(OCCNC(=O)C(C)N(c2ccc3c(c2)OCCO3)S(C)(=O)=O)cc1C. The van der Waals surface area contributed by atoms with E-state index >= 15 is 0 Å². The second kappa shape index (κ2) is 9.47. The van der Waals surface area contributed by atoms with Crippen molar-refractivity contribution in [2.75, 3.05) is 36.9 Å². The van der Waals surface area contributed by atoms with Crippen molar-refractivity contribution < 1.29 is 27.4 Å². The Balaban J connectivity index is 1.64. The van der Waals surface area contributed by atoms with E-state index in [9.17, 15) is 13.2 Å². The number of hydrogen-bond acceptors (Lipinski definition) is 6. The largest absolute Gasteiger partial charge is 0.492 e. The third kappa shape index (κ3) is 5.61. The predicted molar refractivity (Wildman–Crippen MR) is 119 cm³/mol. The molecule has 9 heteroatoms. The zero-order valence-electron chi connectivity index (χ0n) is 18.2. The molecule has 0 fully saturated rings. The van der Waals surface area contributed by atoms with Crippen LogP contribution in [0, 0.1) is 13.8 Å². The fourth-order valence-corrected chi connectivity index (χ4v) is 4.44. The summed E-state index contributed by atoms with van der Waals surface area (Å²) in [7, 11) is -3.73. The zero-order valence-corrected chi connectivity index (χ0v) is 19.0. The van der Waals surface area contributed by atoms with E-state index in [1.807, 2.05) is 32.0 Å². The van der Waals surface area contributed by atoms with Crippen LogP contribution in [-0.2, 0) is 14.8 Å². The predicted octanol–water partition coefficient (Wildman–Crippen LogP) is 2.42. The van der Waals surface area contributed by atoms with Crippen molar-refractivity contribution in [3.05, 3.63) is 47.5 Å². The van der Waals surface area contributed by atoms with Gasteiger partial charge in [-0.3, -0.25) is 9.10 Å². The maximum Gasteiger partial charge on any atom is 0.243 e. The number of anilines is 1. The second-order valence-corrected chi connectivity index (χ2v) is 9.31. The molecule has 1 atom stereocenters. The molecule has 0 aliphatic carbocycles. The molecule has 0 saturated heterocycles. The lowest BCUT2D eigenvalue weighted by atomic mass is 10.1. The van der Waals surface area contributed by atoms with Crippen molar-refractivity contribution in [1.82, 2.24) is 5.32 Å². The molecule has 31 heavy (non-hydrogen) atoms. The third-order valence-corrected chi connectivity index (χ3v) is 6.26. The first kappa shape index (κ1) is 22.7. The highest BCUT2D eigenvalue weighted by Crippen LogP contribution is 2.35. The summed E-state index contributed by atoms with van der Waals surface area (Å²) in [4.78, 5) is 12.7. The first-order valence-corrected chi connectivity index (χ1v) is 11.9. The molecular formula is C22H28N2O6S. The highest BCUT2D eigenvalue weighted by Gasteiger charge is 2.30. The fraction of sp³-hybridized carbons (Fsp3) is 0.409. The lowest BCUT2D eigenvalue weighted by Gasteiger charge is -2.29. The third-order valence-electron chi connectivity index (χ3n) is 5.02. The average Bonchev–Trinajstić information content (AvgIpc) is 2.72.